The number of rotatable bonds is 27. The fourth-order valence-electron chi connectivity index (χ4n) is 4.35. The molecule has 0 spiro atoms. The lowest BCUT2D eigenvalue weighted by molar-refractivity contribution is -0.146. The van der Waals surface area contributed by atoms with Crippen molar-refractivity contribution in [2.75, 3.05) is 0 Å². The second-order valence-corrected chi connectivity index (χ2v) is 9.85. The SMILES string of the molecule is C=CCCCCCCCCCCCCCCCCCCCCCCCC=CCC(O)C(=O)O. The van der Waals surface area contributed by atoms with E-state index in [4.69, 9.17) is 10.2 Å². The van der Waals surface area contributed by atoms with E-state index in [1.807, 2.05) is 12.2 Å². The summed E-state index contributed by atoms with van der Waals surface area (Å²) in [6.07, 6.45) is 36.1. The van der Waals surface area contributed by atoms with Crippen LogP contribution in [-0.2, 0) is 4.79 Å². The van der Waals surface area contributed by atoms with Crippen molar-refractivity contribution < 1.29 is 15.0 Å². The van der Waals surface area contributed by atoms with Gasteiger partial charge in [0.2, 0.25) is 0 Å². The van der Waals surface area contributed by atoms with Crippen molar-refractivity contribution in [3.8, 4) is 0 Å². The summed E-state index contributed by atoms with van der Waals surface area (Å²) in [5, 5.41) is 17.8. The number of hydrogen-bond donors (Lipinski definition) is 2. The summed E-state index contributed by atoms with van der Waals surface area (Å²) in [5.41, 5.74) is 0. The lowest BCUT2D eigenvalue weighted by atomic mass is 10.0. The second-order valence-electron chi connectivity index (χ2n) is 9.85. The Morgan fingerprint density at radius 3 is 1.15 bits per heavy atom. The first-order valence-electron chi connectivity index (χ1n) is 14.3. The summed E-state index contributed by atoms with van der Waals surface area (Å²) in [6.45, 7) is 3.78. The molecule has 0 aromatic carbocycles. The lowest BCUT2D eigenvalue weighted by Crippen LogP contribution is -2.17. The summed E-state index contributed by atoms with van der Waals surface area (Å²) in [5.74, 6) is -1.14. The summed E-state index contributed by atoms with van der Waals surface area (Å²) < 4.78 is 0. The smallest absolute Gasteiger partial charge is 0.332 e. The molecule has 1 atom stereocenters. The lowest BCUT2D eigenvalue weighted by Gasteiger charge is -2.04. The minimum Gasteiger partial charge on any atom is -0.479 e. The van der Waals surface area contributed by atoms with Crippen molar-refractivity contribution in [3.63, 3.8) is 0 Å². The molecule has 0 saturated heterocycles. The van der Waals surface area contributed by atoms with Crippen molar-refractivity contribution in [1.82, 2.24) is 0 Å². The fourth-order valence-corrected chi connectivity index (χ4v) is 4.35. The predicted octanol–water partition coefficient (Wildman–Crippen LogP) is 9.54. The Morgan fingerprint density at radius 1 is 0.545 bits per heavy atom. The van der Waals surface area contributed by atoms with Crippen LogP contribution >= 0.6 is 0 Å². The average Bonchev–Trinajstić information content (AvgIpc) is 2.81. The Balaban J connectivity index is 3.10. The molecule has 3 heteroatoms. The van der Waals surface area contributed by atoms with Gasteiger partial charge in [-0.3, -0.25) is 0 Å². The third-order valence-electron chi connectivity index (χ3n) is 6.59. The molecule has 0 saturated carbocycles. The van der Waals surface area contributed by atoms with Crippen LogP contribution in [-0.4, -0.2) is 22.3 Å². The number of aliphatic hydroxyl groups excluding tert-OH is 1. The van der Waals surface area contributed by atoms with Crippen LogP contribution in [0.1, 0.15) is 154 Å². The third-order valence-corrected chi connectivity index (χ3v) is 6.59. The molecule has 33 heavy (non-hydrogen) atoms. The zero-order chi connectivity index (χ0) is 24.2. The Bertz CT molecular complexity index is 444. The van der Waals surface area contributed by atoms with Crippen LogP contribution in [0.2, 0.25) is 0 Å². The van der Waals surface area contributed by atoms with E-state index in [9.17, 15) is 4.79 Å². The van der Waals surface area contributed by atoms with Gasteiger partial charge in [0.15, 0.2) is 6.10 Å². The summed E-state index contributed by atoms with van der Waals surface area (Å²) in [6, 6.07) is 0. The maximum absolute atomic E-state index is 10.5. The summed E-state index contributed by atoms with van der Waals surface area (Å²) >= 11 is 0. The van der Waals surface area contributed by atoms with Crippen molar-refractivity contribution >= 4 is 5.97 Å². The zero-order valence-corrected chi connectivity index (χ0v) is 21.8. The molecule has 0 rings (SSSR count). The van der Waals surface area contributed by atoms with E-state index >= 15 is 0 Å². The Labute approximate surface area is 206 Å². The van der Waals surface area contributed by atoms with E-state index in [0.29, 0.717) is 0 Å². The molecule has 0 aliphatic heterocycles. The highest BCUT2D eigenvalue weighted by Gasteiger charge is 2.09. The number of hydrogen-bond acceptors (Lipinski definition) is 2. The third kappa shape index (κ3) is 27.0. The molecule has 0 aliphatic carbocycles. The standard InChI is InChI=1S/C30H56O3/c1-2-3-4-5-6-7-8-9-10-11-12-13-14-15-16-17-18-19-20-21-22-23-24-25-26-27-28-29(31)30(32)33/h2,26-27,29,31H,1,3-25,28H2,(H,32,33). The van der Waals surface area contributed by atoms with Gasteiger partial charge in [-0.2, -0.15) is 0 Å². The molecule has 1 unspecified atom stereocenters. The van der Waals surface area contributed by atoms with Gasteiger partial charge < -0.3 is 10.2 Å². The topological polar surface area (TPSA) is 57.5 Å². The van der Waals surface area contributed by atoms with E-state index in [1.165, 1.54) is 135 Å². The van der Waals surface area contributed by atoms with Crippen molar-refractivity contribution in [1.29, 1.82) is 0 Å². The summed E-state index contributed by atoms with van der Waals surface area (Å²) in [7, 11) is 0. The van der Waals surface area contributed by atoms with Crippen molar-refractivity contribution in [2.45, 2.75) is 160 Å². The van der Waals surface area contributed by atoms with Gasteiger partial charge in [0.05, 0.1) is 0 Å². The van der Waals surface area contributed by atoms with Gasteiger partial charge in [0.25, 0.3) is 0 Å². The first-order chi connectivity index (χ1) is 16.2. The highest BCUT2D eigenvalue weighted by Crippen LogP contribution is 2.15. The van der Waals surface area contributed by atoms with E-state index < -0.39 is 12.1 Å². The van der Waals surface area contributed by atoms with Crippen LogP contribution in [0.25, 0.3) is 0 Å². The first-order valence-corrected chi connectivity index (χ1v) is 14.3. The fraction of sp³-hybridized carbons (Fsp3) is 0.833. The molecule has 0 radical (unpaired) electrons. The van der Waals surface area contributed by atoms with E-state index in [1.54, 1.807) is 6.08 Å². The molecule has 0 fully saturated rings. The van der Waals surface area contributed by atoms with Crippen LogP contribution < -0.4 is 0 Å². The van der Waals surface area contributed by atoms with Gasteiger partial charge >= 0.3 is 5.97 Å². The number of allylic oxidation sites excluding steroid dienone is 2. The summed E-state index contributed by atoms with van der Waals surface area (Å²) in [4.78, 5) is 10.5. The Morgan fingerprint density at radius 2 is 0.848 bits per heavy atom. The van der Waals surface area contributed by atoms with Crippen LogP contribution in [0, 0.1) is 0 Å². The van der Waals surface area contributed by atoms with Gasteiger partial charge in [0.1, 0.15) is 0 Å². The number of carbonyl (C=O) groups is 1. The first kappa shape index (κ1) is 31.9. The molecule has 2 N–H and O–H groups in total. The maximum Gasteiger partial charge on any atom is 0.332 e. The average molecular weight is 465 g/mol. The highest BCUT2D eigenvalue weighted by molar-refractivity contribution is 5.72. The number of carboxylic acid groups (broad SMARTS) is 1. The molecule has 0 bridgehead atoms. The Kier molecular flexibility index (Phi) is 26.3. The quantitative estimate of drug-likeness (QED) is 0.0939. The molecule has 0 aromatic heterocycles. The van der Waals surface area contributed by atoms with E-state index in [2.05, 4.69) is 6.58 Å². The van der Waals surface area contributed by atoms with Crippen molar-refractivity contribution in [3.05, 3.63) is 24.8 Å². The monoisotopic (exact) mass is 464 g/mol. The van der Waals surface area contributed by atoms with Gasteiger partial charge in [-0.1, -0.05) is 140 Å². The molecule has 3 nitrogen and oxygen atoms in total. The van der Waals surface area contributed by atoms with Crippen LogP contribution in [0.3, 0.4) is 0 Å². The molecular weight excluding hydrogens is 408 g/mol. The second kappa shape index (κ2) is 27.2. The van der Waals surface area contributed by atoms with Crippen LogP contribution in [0.15, 0.2) is 24.8 Å². The normalized spacial score (nSPS) is 12.4. The number of unbranched alkanes of at least 4 members (excludes halogenated alkanes) is 22. The molecule has 194 valence electrons. The number of aliphatic hydroxyl groups is 1. The molecular formula is C30H56O3. The minimum absolute atomic E-state index is 0.215. The highest BCUT2D eigenvalue weighted by atomic mass is 16.4. The Hall–Kier alpha value is -1.09. The zero-order valence-electron chi connectivity index (χ0n) is 21.8. The molecule has 0 aliphatic rings. The largest absolute Gasteiger partial charge is 0.479 e. The van der Waals surface area contributed by atoms with E-state index in [0.717, 1.165) is 12.8 Å². The van der Waals surface area contributed by atoms with Gasteiger partial charge in [-0.15, -0.1) is 6.58 Å². The van der Waals surface area contributed by atoms with Gasteiger partial charge in [-0.05, 0) is 25.7 Å². The molecule has 0 heterocycles. The van der Waals surface area contributed by atoms with Crippen LogP contribution in [0.4, 0.5) is 0 Å². The van der Waals surface area contributed by atoms with Crippen molar-refractivity contribution in [2.24, 2.45) is 0 Å². The predicted molar refractivity (Wildman–Crippen MR) is 144 cm³/mol. The minimum atomic E-state index is -1.26. The maximum atomic E-state index is 10.5. The number of aliphatic carboxylic acids is 1. The van der Waals surface area contributed by atoms with Gasteiger partial charge in [0, 0.05) is 6.42 Å². The molecule has 0 aromatic rings. The van der Waals surface area contributed by atoms with Crippen LogP contribution in [0.5, 0.6) is 0 Å². The van der Waals surface area contributed by atoms with E-state index in [-0.39, 0.29) is 6.42 Å². The number of carboxylic acids is 1. The van der Waals surface area contributed by atoms with Gasteiger partial charge in [-0.25, -0.2) is 4.79 Å². The molecule has 0 amide bonds.